The average molecular weight is 524 g/mol. The highest BCUT2D eigenvalue weighted by Gasteiger charge is 2.32. The van der Waals surface area contributed by atoms with Crippen LogP contribution in [0.4, 0.5) is 45.2 Å². The molecule has 0 saturated carbocycles. The second-order valence-electron chi connectivity index (χ2n) is 6.40. The molecule has 1 aromatic carbocycles. The minimum Gasteiger partial charge on any atom is -0.492 e. The van der Waals surface area contributed by atoms with Gasteiger partial charge in [-0.25, -0.2) is 0 Å². The molecule has 0 fully saturated rings. The van der Waals surface area contributed by atoms with Crippen LogP contribution in [-0.4, -0.2) is 47.9 Å². The predicted molar refractivity (Wildman–Crippen MR) is 102 cm³/mol. The van der Waals surface area contributed by atoms with Crippen LogP contribution >= 0.6 is 0 Å². The van der Waals surface area contributed by atoms with Crippen molar-refractivity contribution in [2.75, 3.05) is 18.5 Å². The van der Waals surface area contributed by atoms with E-state index in [-0.39, 0.29) is 11.4 Å². The summed E-state index contributed by atoms with van der Waals surface area (Å²) in [7, 11) is 0. The summed E-state index contributed by atoms with van der Waals surface area (Å²) in [6.07, 6.45) is -15.0. The predicted octanol–water partition coefficient (Wildman–Crippen LogP) is 4.79. The Morgan fingerprint density at radius 1 is 0.943 bits per heavy atom. The molecule has 1 aromatic heterocycles. The van der Waals surface area contributed by atoms with E-state index in [0.717, 1.165) is 18.2 Å². The first kappa shape index (κ1) is 29.6. The Bertz CT molecular complexity index is 1020. The lowest BCUT2D eigenvalue weighted by atomic mass is 10.1. The number of alkyl halides is 9. The number of aliphatic hydroxyl groups is 1. The zero-order valence-corrected chi connectivity index (χ0v) is 17.3. The number of rotatable bonds is 7. The maximum atomic E-state index is 12.4. The zero-order chi connectivity index (χ0) is 26.9. The Labute approximate surface area is 190 Å². The number of ether oxygens (including phenoxy) is 2. The zero-order valence-electron chi connectivity index (χ0n) is 17.3. The van der Waals surface area contributed by atoms with Gasteiger partial charge in [-0.15, -0.1) is 13.2 Å². The summed E-state index contributed by atoms with van der Waals surface area (Å²) in [5, 5.41) is 9.92. The van der Waals surface area contributed by atoms with Gasteiger partial charge in [-0.3, -0.25) is 9.59 Å². The van der Waals surface area contributed by atoms with Crippen LogP contribution < -0.4 is 20.3 Å². The lowest BCUT2D eigenvalue weighted by molar-refractivity contribution is -0.274. The second kappa shape index (κ2) is 12.3. The van der Waals surface area contributed by atoms with Gasteiger partial charge in [0.15, 0.2) is 0 Å². The van der Waals surface area contributed by atoms with Crippen LogP contribution in [0.15, 0.2) is 41.3 Å². The first-order valence-electron chi connectivity index (χ1n) is 9.26. The van der Waals surface area contributed by atoms with Crippen LogP contribution in [0.5, 0.6) is 11.5 Å². The summed E-state index contributed by atoms with van der Waals surface area (Å²) in [5.74, 6) is -2.17. The Balaban J connectivity index is 0.000000762. The van der Waals surface area contributed by atoms with Crippen LogP contribution in [0.25, 0.3) is 0 Å². The number of H-pyrrole nitrogens is 1. The van der Waals surface area contributed by atoms with E-state index in [1.807, 2.05) is 0 Å². The van der Waals surface area contributed by atoms with Gasteiger partial charge in [0, 0.05) is 18.0 Å². The number of carbonyl (C=O) groups excluding carboxylic acids is 1. The number of aliphatic hydroxyl groups excluding tert-OH is 1. The molecule has 0 bridgehead atoms. The SMILES string of the molecule is O=C(Nc1cc[nH]c(=O)c1)c1cc(OC(F)(F)F)ccc1OCCC(F)(F)F.OCCC(F)(F)F. The van der Waals surface area contributed by atoms with E-state index < -0.39 is 67.5 Å². The fourth-order valence-corrected chi connectivity index (χ4v) is 2.13. The number of aromatic nitrogens is 1. The van der Waals surface area contributed by atoms with Gasteiger partial charge in [-0.05, 0) is 24.3 Å². The lowest BCUT2D eigenvalue weighted by Gasteiger charge is -2.15. The molecule has 1 amide bonds. The summed E-state index contributed by atoms with van der Waals surface area (Å²) in [5.41, 5.74) is -1.06. The van der Waals surface area contributed by atoms with E-state index >= 15 is 0 Å². The smallest absolute Gasteiger partial charge is 0.492 e. The van der Waals surface area contributed by atoms with Gasteiger partial charge in [0.05, 0.1) is 31.6 Å². The van der Waals surface area contributed by atoms with Crippen molar-refractivity contribution in [3.8, 4) is 11.5 Å². The number of amides is 1. The van der Waals surface area contributed by atoms with E-state index in [9.17, 15) is 49.1 Å². The molecule has 196 valence electrons. The van der Waals surface area contributed by atoms with Crippen molar-refractivity contribution in [1.82, 2.24) is 4.98 Å². The highest BCUT2D eigenvalue weighted by molar-refractivity contribution is 6.06. The van der Waals surface area contributed by atoms with Crippen LogP contribution in [0.1, 0.15) is 23.2 Å². The summed E-state index contributed by atoms with van der Waals surface area (Å²) in [6, 6.07) is 4.63. The normalized spacial score (nSPS) is 11.8. The van der Waals surface area contributed by atoms with Crippen LogP contribution in [0.2, 0.25) is 0 Å². The number of pyridine rings is 1. The van der Waals surface area contributed by atoms with Gasteiger partial charge >= 0.3 is 18.7 Å². The number of aromatic amines is 1. The summed E-state index contributed by atoms with van der Waals surface area (Å²) < 4.78 is 115. The molecule has 2 aromatic rings. The van der Waals surface area contributed by atoms with Gasteiger partial charge in [-0.2, -0.15) is 26.3 Å². The fraction of sp³-hybridized carbons (Fsp3) is 0.368. The summed E-state index contributed by atoms with van der Waals surface area (Å²) in [4.78, 5) is 25.9. The van der Waals surface area contributed by atoms with E-state index in [0.29, 0.717) is 6.07 Å². The monoisotopic (exact) mass is 524 g/mol. The van der Waals surface area contributed by atoms with E-state index in [2.05, 4.69) is 15.0 Å². The lowest BCUT2D eigenvalue weighted by Crippen LogP contribution is -2.19. The molecule has 0 spiro atoms. The first-order chi connectivity index (χ1) is 16.0. The molecule has 7 nitrogen and oxygen atoms in total. The molecular formula is C19H17F9N2O5. The van der Waals surface area contributed by atoms with Crippen molar-refractivity contribution in [3.05, 3.63) is 52.4 Å². The molecule has 2 rings (SSSR count). The fourth-order valence-electron chi connectivity index (χ4n) is 2.13. The van der Waals surface area contributed by atoms with Crippen LogP contribution in [-0.2, 0) is 0 Å². The molecule has 0 radical (unpaired) electrons. The van der Waals surface area contributed by atoms with Gasteiger partial charge < -0.3 is 24.9 Å². The largest absolute Gasteiger partial charge is 0.573 e. The third-order valence-corrected chi connectivity index (χ3v) is 3.50. The van der Waals surface area contributed by atoms with Gasteiger partial charge in [-0.1, -0.05) is 0 Å². The van der Waals surface area contributed by atoms with Gasteiger partial charge in [0.1, 0.15) is 11.5 Å². The highest BCUT2D eigenvalue weighted by Crippen LogP contribution is 2.30. The molecule has 16 heteroatoms. The second-order valence-corrected chi connectivity index (χ2v) is 6.40. The minimum absolute atomic E-state index is 0.0112. The topological polar surface area (TPSA) is 101 Å². The van der Waals surface area contributed by atoms with Crippen molar-refractivity contribution in [3.63, 3.8) is 0 Å². The first-order valence-corrected chi connectivity index (χ1v) is 9.26. The minimum atomic E-state index is -5.04. The Hall–Kier alpha value is -3.43. The number of hydrogen-bond acceptors (Lipinski definition) is 5. The standard InChI is InChI=1S/C16H12F6N2O4.C3H5F3O/c17-15(18,19)4-6-27-12-2-1-10(28-16(20,21)22)8-11(12)14(26)24-9-3-5-23-13(25)7-9;4-3(5,6)1-2-7/h1-3,5,7-8H,4,6H2,(H2,23,24,25,26);7H,1-2H2. The van der Waals surface area contributed by atoms with Gasteiger partial charge in [0.25, 0.3) is 5.91 Å². The van der Waals surface area contributed by atoms with Crippen molar-refractivity contribution < 1.29 is 58.9 Å². The summed E-state index contributed by atoms with van der Waals surface area (Å²) >= 11 is 0. The van der Waals surface area contributed by atoms with Crippen LogP contribution in [0.3, 0.4) is 0 Å². The molecule has 0 aliphatic carbocycles. The number of nitrogens with one attached hydrogen (secondary N) is 2. The Morgan fingerprint density at radius 3 is 2.06 bits per heavy atom. The van der Waals surface area contributed by atoms with Crippen LogP contribution in [0, 0.1) is 0 Å². The number of halogens is 9. The van der Waals surface area contributed by atoms with Crippen molar-refractivity contribution in [2.24, 2.45) is 0 Å². The Morgan fingerprint density at radius 2 is 1.57 bits per heavy atom. The maximum Gasteiger partial charge on any atom is 0.573 e. The molecular weight excluding hydrogens is 507 g/mol. The highest BCUT2D eigenvalue weighted by atomic mass is 19.4. The third-order valence-electron chi connectivity index (χ3n) is 3.50. The van der Waals surface area contributed by atoms with E-state index in [1.165, 1.54) is 12.3 Å². The average Bonchev–Trinajstić information content (AvgIpc) is 2.66. The number of hydrogen-bond donors (Lipinski definition) is 3. The Kier molecular flexibility index (Phi) is 10.4. The van der Waals surface area contributed by atoms with Gasteiger partial charge in [0.2, 0.25) is 5.56 Å². The van der Waals surface area contributed by atoms with Crippen molar-refractivity contribution in [2.45, 2.75) is 31.6 Å². The maximum absolute atomic E-state index is 12.4. The summed E-state index contributed by atoms with van der Waals surface area (Å²) in [6.45, 7) is -1.67. The van der Waals surface area contributed by atoms with E-state index in [1.54, 1.807) is 0 Å². The molecule has 3 N–H and O–H groups in total. The van der Waals surface area contributed by atoms with Crippen molar-refractivity contribution in [1.29, 1.82) is 0 Å². The number of anilines is 1. The number of carbonyl (C=O) groups is 1. The number of benzene rings is 1. The molecule has 0 unspecified atom stereocenters. The van der Waals surface area contributed by atoms with Crippen molar-refractivity contribution >= 4 is 11.6 Å². The van der Waals surface area contributed by atoms with E-state index in [4.69, 9.17) is 9.84 Å². The molecule has 0 aliphatic heterocycles. The quantitative estimate of drug-likeness (QED) is 0.453. The molecule has 0 aliphatic rings. The molecule has 35 heavy (non-hydrogen) atoms. The third kappa shape index (κ3) is 13.1. The molecule has 0 saturated heterocycles. The molecule has 1 heterocycles. The molecule has 0 atom stereocenters.